The Morgan fingerprint density at radius 3 is 1.13 bits per heavy atom. The second-order valence-electron chi connectivity index (χ2n) is 13.5. The lowest BCUT2D eigenvalue weighted by Gasteiger charge is -2.17. The maximum atomic E-state index is 2.50. The van der Waals surface area contributed by atoms with Crippen molar-refractivity contribution in [2.45, 2.75) is 18.7 Å². The zero-order chi connectivity index (χ0) is 34.7. The van der Waals surface area contributed by atoms with E-state index in [1.54, 1.807) is 11.8 Å². The normalized spacial score (nSPS) is 12.2. The number of fused-ring (bicyclic) bond motifs is 10. The highest BCUT2D eigenvalue weighted by Gasteiger charge is 2.25. The zero-order valence-corrected chi connectivity index (χ0v) is 31.2. The molecule has 6 heterocycles. The average Bonchev–Trinajstić information content (AvgIpc) is 4.02. The summed E-state index contributed by atoms with van der Waals surface area (Å²) in [5.74, 6) is 0. The molecule has 0 unspecified atom stereocenters. The van der Waals surface area contributed by atoms with Gasteiger partial charge in [0.25, 0.3) is 0 Å². The largest absolute Gasteiger partial charge is 0.295 e. The Kier molecular flexibility index (Phi) is 6.54. The van der Waals surface area contributed by atoms with E-state index in [2.05, 4.69) is 178 Å². The van der Waals surface area contributed by atoms with Gasteiger partial charge in [-0.15, -0.1) is 34.4 Å². The predicted molar refractivity (Wildman–Crippen MR) is 226 cm³/mol. The number of thioether (sulfide) groups is 1. The second-order valence-corrected chi connectivity index (χ2v) is 16.9. The number of hydrogen-bond acceptors (Lipinski definition) is 3. The molecule has 0 aliphatic rings. The monoisotopic (exact) mass is 724 g/mol. The van der Waals surface area contributed by atoms with Gasteiger partial charge in [-0.25, -0.2) is 0 Å². The lowest BCUT2D eigenvalue weighted by Crippen LogP contribution is -2.04. The summed E-state index contributed by atoms with van der Waals surface area (Å²) in [6.07, 6.45) is 2.19. The zero-order valence-electron chi connectivity index (χ0n) is 28.8. The van der Waals surface area contributed by atoms with Crippen LogP contribution >= 0.6 is 34.4 Å². The Hall–Kier alpha value is -5.47. The Morgan fingerprint density at radius 2 is 0.788 bits per heavy atom. The van der Waals surface area contributed by atoms with Crippen molar-refractivity contribution in [1.82, 2.24) is 18.3 Å². The van der Waals surface area contributed by atoms with Crippen LogP contribution in [0.5, 0.6) is 0 Å². The number of benzene rings is 5. The van der Waals surface area contributed by atoms with Gasteiger partial charge in [0, 0.05) is 47.0 Å². The molecule has 5 aromatic carbocycles. The minimum absolute atomic E-state index is 1.14. The molecule has 7 heteroatoms. The Labute approximate surface area is 312 Å². The number of aryl methyl sites for hydroxylation is 2. The van der Waals surface area contributed by atoms with Crippen LogP contribution in [0.2, 0.25) is 0 Å². The first-order valence-corrected chi connectivity index (χ1v) is 20.3. The molecule has 0 fully saturated rings. The van der Waals surface area contributed by atoms with Crippen LogP contribution < -0.4 is 0 Å². The van der Waals surface area contributed by atoms with Crippen LogP contribution in [0.15, 0.2) is 144 Å². The third kappa shape index (κ3) is 4.15. The van der Waals surface area contributed by atoms with Crippen LogP contribution in [0.4, 0.5) is 0 Å². The molecule has 0 saturated carbocycles. The number of thiophene rings is 2. The van der Waals surface area contributed by atoms with Crippen LogP contribution in [0, 0.1) is 13.8 Å². The number of nitrogens with zero attached hydrogens (tertiary/aromatic N) is 4. The molecule has 0 spiro atoms. The topological polar surface area (TPSA) is 19.7 Å². The molecule has 0 amide bonds. The average molecular weight is 725 g/mol. The van der Waals surface area contributed by atoms with Gasteiger partial charge >= 0.3 is 0 Å². The van der Waals surface area contributed by atoms with Crippen molar-refractivity contribution >= 4 is 100 Å². The molecule has 0 aliphatic carbocycles. The summed E-state index contributed by atoms with van der Waals surface area (Å²) in [5.41, 5.74) is 9.54. The Balaban J connectivity index is 1.30. The number of aromatic nitrogens is 4. The number of para-hydroxylation sites is 4. The van der Waals surface area contributed by atoms with Gasteiger partial charge in [-0.05, 0) is 86.8 Å². The van der Waals surface area contributed by atoms with E-state index in [4.69, 9.17) is 0 Å². The fourth-order valence-electron chi connectivity index (χ4n) is 8.39. The SMILES string of the molecule is CSc1cc(-n2c3ccccc3c3c4ccccc4n(-c4ccc(C)s4)c32)cc(-n2c3ccccc3c3c4ccccc4n(-c4ccc(C)s4)c32)c1. The molecular formula is C45H32N4S3. The van der Waals surface area contributed by atoms with Gasteiger partial charge in [0.2, 0.25) is 0 Å². The smallest absolute Gasteiger partial charge is 0.132 e. The molecule has 0 aliphatic heterocycles. The predicted octanol–water partition coefficient (Wildman–Crippen LogP) is 13.2. The first-order chi connectivity index (χ1) is 25.6. The van der Waals surface area contributed by atoms with E-state index >= 15 is 0 Å². The van der Waals surface area contributed by atoms with Crippen LogP contribution in [-0.2, 0) is 0 Å². The first-order valence-electron chi connectivity index (χ1n) is 17.5. The molecule has 0 bridgehead atoms. The van der Waals surface area contributed by atoms with Crippen molar-refractivity contribution in [2.24, 2.45) is 0 Å². The molecule has 11 rings (SSSR count). The van der Waals surface area contributed by atoms with E-state index in [1.165, 1.54) is 90.3 Å². The van der Waals surface area contributed by atoms with E-state index in [-0.39, 0.29) is 0 Å². The summed E-state index contributed by atoms with van der Waals surface area (Å²) in [4.78, 5) is 3.82. The van der Waals surface area contributed by atoms with Gasteiger partial charge in [0.15, 0.2) is 0 Å². The molecule has 11 aromatic rings. The van der Waals surface area contributed by atoms with Gasteiger partial charge in [-0.1, -0.05) is 72.8 Å². The molecule has 52 heavy (non-hydrogen) atoms. The standard InChI is InChI=1S/C45H32N4S3/c1-27-20-22-40(51-27)48-38-18-10-6-14-34(38)42-32-12-4-8-16-36(32)46(44(42)48)29-24-30(26-31(25-29)50-3)47-37-17-9-5-13-33(37)43-35-15-7-11-19-39(35)49(45(43)47)41-23-21-28(2)52-41/h4-26H,1-3H3. The lowest BCUT2D eigenvalue weighted by molar-refractivity contribution is 1.05. The van der Waals surface area contributed by atoms with Crippen LogP contribution in [0.25, 0.3) is 87.1 Å². The summed E-state index contributed by atoms with van der Waals surface area (Å²) in [6, 6.07) is 51.7. The highest BCUT2D eigenvalue weighted by atomic mass is 32.2. The molecular weight excluding hydrogens is 693 g/mol. The van der Waals surface area contributed by atoms with Gasteiger partial charge < -0.3 is 0 Å². The molecule has 0 N–H and O–H groups in total. The second kappa shape index (κ2) is 11.3. The molecule has 0 saturated heterocycles. The first kappa shape index (κ1) is 30.2. The molecule has 0 radical (unpaired) electrons. The minimum Gasteiger partial charge on any atom is -0.295 e. The highest BCUT2D eigenvalue weighted by Crippen LogP contribution is 2.45. The van der Waals surface area contributed by atoms with Crippen LogP contribution in [0.1, 0.15) is 9.75 Å². The van der Waals surface area contributed by atoms with Gasteiger partial charge in [0.05, 0.1) is 33.4 Å². The van der Waals surface area contributed by atoms with Gasteiger partial charge in [-0.3, -0.25) is 18.3 Å². The van der Waals surface area contributed by atoms with Crippen molar-refractivity contribution in [3.05, 3.63) is 149 Å². The summed E-state index contributed by atoms with van der Waals surface area (Å²) >= 11 is 5.48. The van der Waals surface area contributed by atoms with Crippen molar-refractivity contribution < 1.29 is 0 Å². The van der Waals surface area contributed by atoms with Crippen molar-refractivity contribution in [3.8, 4) is 21.4 Å². The lowest BCUT2D eigenvalue weighted by atomic mass is 10.1. The van der Waals surface area contributed by atoms with E-state index in [0.29, 0.717) is 0 Å². The van der Waals surface area contributed by atoms with Gasteiger partial charge in [0.1, 0.15) is 21.3 Å². The van der Waals surface area contributed by atoms with Crippen LogP contribution in [0.3, 0.4) is 0 Å². The summed E-state index contributed by atoms with van der Waals surface area (Å²) in [7, 11) is 0. The van der Waals surface area contributed by atoms with E-state index in [9.17, 15) is 0 Å². The third-order valence-corrected chi connectivity index (χ3v) is 13.2. The molecule has 250 valence electrons. The molecule has 4 nitrogen and oxygen atoms in total. The number of rotatable bonds is 5. The van der Waals surface area contributed by atoms with Crippen molar-refractivity contribution in [1.29, 1.82) is 0 Å². The van der Waals surface area contributed by atoms with E-state index < -0.39 is 0 Å². The summed E-state index contributed by atoms with van der Waals surface area (Å²) < 4.78 is 9.97. The van der Waals surface area contributed by atoms with Crippen LogP contribution in [-0.4, -0.2) is 24.5 Å². The maximum absolute atomic E-state index is 2.50. The fourth-order valence-corrected chi connectivity index (χ4v) is 10.6. The van der Waals surface area contributed by atoms with Gasteiger partial charge in [-0.2, -0.15) is 0 Å². The minimum atomic E-state index is 1.14. The Morgan fingerprint density at radius 1 is 0.423 bits per heavy atom. The molecule has 6 aromatic heterocycles. The van der Waals surface area contributed by atoms with E-state index in [1.807, 2.05) is 22.7 Å². The summed E-state index contributed by atoms with van der Waals surface area (Å²) in [5, 5.41) is 10.1. The highest BCUT2D eigenvalue weighted by molar-refractivity contribution is 7.98. The fraction of sp³-hybridized carbons (Fsp3) is 0.0667. The summed E-state index contributed by atoms with van der Waals surface area (Å²) in [6.45, 7) is 4.39. The number of hydrogen-bond donors (Lipinski definition) is 0. The quantitative estimate of drug-likeness (QED) is 0.162. The molecule has 0 atom stereocenters. The van der Waals surface area contributed by atoms with Crippen molar-refractivity contribution in [2.75, 3.05) is 6.26 Å². The third-order valence-electron chi connectivity index (χ3n) is 10.5. The maximum Gasteiger partial charge on any atom is 0.132 e. The Bertz CT molecular complexity index is 3000. The van der Waals surface area contributed by atoms with E-state index in [0.717, 1.165) is 11.4 Å². The van der Waals surface area contributed by atoms with Crippen molar-refractivity contribution in [3.63, 3.8) is 0 Å².